The van der Waals surface area contributed by atoms with Gasteiger partial charge in [-0.1, -0.05) is 45.1 Å². The molecule has 0 bridgehead atoms. The van der Waals surface area contributed by atoms with E-state index in [4.69, 9.17) is 4.99 Å². The monoisotopic (exact) mass is 498 g/mol. The average molecular weight is 498 g/mol. The average Bonchev–Trinajstić information content (AvgIpc) is 3.11. The smallest absolute Gasteiger partial charge is 0.191 e. The minimum atomic E-state index is 0. The molecule has 1 aliphatic carbocycles. The molecule has 2 N–H and O–H groups in total. The number of nitrogens with zero attached hydrogens (tertiary/aromatic N) is 4. The molecule has 2 unspecified atom stereocenters. The first kappa shape index (κ1) is 22.9. The number of fused-ring (bicyclic) bond motifs is 1. The van der Waals surface area contributed by atoms with Gasteiger partial charge >= 0.3 is 0 Å². The Morgan fingerprint density at radius 2 is 2.00 bits per heavy atom. The molecule has 1 fully saturated rings. The molecule has 0 radical (unpaired) electrons. The van der Waals surface area contributed by atoms with Gasteiger partial charge in [-0.15, -0.1) is 34.2 Å². The minimum Gasteiger partial charge on any atom is -0.357 e. The summed E-state index contributed by atoms with van der Waals surface area (Å²) in [4.78, 5) is 4.78. The standard InChI is InChI=1S/C21H34N6.HI/c1-4-22-21(24-17(3)16(2)18-10-6-5-7-11-18)23-14-13-20-26-25-19-12-8-9-15-27(19)20;/h8-9,12,15-18H,4-7,10-11,13-14H2,1-3H3,(H2,22,23,24);1H. The number of aromatic nitrogens is 3. The third kappa shape index (κ3) is 6.06. The van der Waals surface area contributed by atoms with Gasteiger partial charge < -0.3 is 10.6 Å². The summed E-state index contributed by atoms with van der Waals surface area (Å²) in [6.07, 6.45) is 9.72. The van der Waals surface area contributed by atoms with Crippen LogP contribution in [0.25, 0.3) is 5.65 Å². The van der Waals surface area contributed by atoms with Gasteiger partial charge in [0.1, 0.15) is 5.82 Å². The molecule has 0 saturated heterocycles. The lowest BCUT2D eigenvalue weighted by Crippen LogP contribution is -2.46. The summed E-state index contributed by atoms with van der Waals surface area (Å²) < 4.78 is 2.03. The zero-order chi connectivity index (χ0) is 19.1. The number of guanidine groups is 1. The van der Waals surface area contributed by atoms with E-state index < -0.39 is 0 Å². The summed E-state index contributed by atoms with van der Waals surface area (Å²) in [7, 11) is 0. The van der Waals surface area contributed by atoms with Gasteiger partial charge in [-0.05, 0) is 37.8 Å². The zero-order valence-electron chi connectivity index (χ0n) is 17.4. The normalized spacial score (nSPS) is 17.8. The Morgan fingerprint density at radius 1 is 1.21 bits per heavy atom. The lowest BCUT2D eigenvalue weighted by atomic mass is 9.78. The Morgan fingerprint density at radius 3 is 2.75 bits per heavy atom. The van der Waals surface area contributed by atoms with Crippen LogP contribution in [0.2, 0.25) is 0 Å². The Kier molecular flexibility index (Phi) is 9.47. The van der Waals surface area contributed by atoms with Crippen LogP contribution in [-0.2, 0) is 6.42 Å². The highest BCUT2D eigenvalue weighted by atomic mass is 127. The molecule has 7 heteroatoms. The molecular weight excluding hydrogens is 463 g/mol. The van der Waals surface area contributed by atoms with Crippen molar-refractivity contribution in [2.24, 2.45) is 16.8 Å². The fraction of sp³-hybridized carbons (Fsp3) is 0.667. The predicted molar refractivity (Wildman–Crippen MR) is 126 cm³/mol. The fourth-order valence-electron chi connectivity index (χ4n) is 4.06. The number of halogens is 1. The van der Waals surface area contributed by atoms with Crippen molar-refractivity contribution in [2.45, 2.75) is 65.3 Å². The van der Waals surface area contributed by atoms with E-state index in [2.05, 4.69) is 41.6 Å². The zero-order valence-corrected chi connectivity index (χ0v) is 19.7. The maximum atomic E-state index is 4.78. The van der Waals surface area contributed by atoms with Gasteiger partial charge in [0.05, 0.1) is 0 Å². The highest BCUT2D eigenvalue weighted by Gasteiger charge is 2.24. The molecule has 0 aromatic carbocycles. The summed E-state index contributed by atoms with van der Waals surface area (Å²) in [5.74, 6) is 3.36. The minimum absolute atomic E-state index is 0. The largest absolute Gasteiger partial charge is 0.357 e. The quantitative estimate of drug-likeness (QED) is 0.344. The van der Waals surface area contributed by atoms with Crippen molar-refractivity contribution in [3.05, 3.63) is 30.2 Å². The Hall–Kier alpha value is -1.38. The highest BCUT2D eigenvalue weighted by Crippen LogP contribution is 2.31. The molecular formula is C21H35IN6. The van der Waals surface area contributed by atoms with Crippen LogP contribution in [-0.4, -0.2) is 39.7 Å². The van der Waals surface area contributed by atoms with E-state index in [9.17, 15) is 0 Å². The van der Waals surface area contributed by atoms with Crippen molar-refractivity contribution in [1.82, 2.24) is 25.2 Å². The van der Waals surface area contributed by atoms with Gasteiger partial charge in [-0.2, -0.15) is 0 Å². The number of hydrogen-bond donors (Lipinski definition) is 2. The van der Waals surface area contributed by atoms with E-state index in [1.54, 1.807) is 0 Å². The van der Waals surface area contributed by atoms with Crippen molar-refractivity contribution in [3.63, 3.8) is 0 Å². The van der Waals surface area contributed by atoms with Crippen LogP contribution in [0.4, 0.5) is 0 Å². The first-order chi connectivity index (χ1) is 13.2. The summed E-state index contributed by atoms with van der Waals surface area (Å²) in [6.45, 7) is 8.34. The summed E-state index contributed by atoms with van der Waals surface area (Å²) >= 11 is 0. The first-order valence-electron chi connectivity index (χ1n) is 10.5. The third-order valence-electron chi connectivity index (χ3n) is 5.88. The molecule has 1 aliphatic rings. The summed E-state index contributed by atoms with van der Waals surface area (Å²) in [5.41, 5.74) is 0.886. The van der Waals surface area contributed by atoms with Crippen LogP contribution in [0, 0.1) is 11.8 Å². The molecule has 28 heavy (non-hydrogen) atoms. The Labute approximate surface area is 186 Å². The van der Waals surface area contributed by atoms with E-state index in [0.29, 0.717) is 18.5 Å². The SMILES string of the molecule is CCNC(=NCCc1nnc2ccccn12)NC(C)C(C)C1CCCCC1.I. The number of nitrogens with one attached hydrogen (secondary N) is 2. The van der Waals surface area contributed by atoms with E-state index in [-0.39, 0.29) is 24.0 Å². The van der Waals surface area contributed by atoms with Gasteiger partial charge in [0.15, 0.2) is 11.6 Å². The molecule has 2 heterocycles. The molecule has 2 atom stereocenters. The van der Waals surface area contributed by atoms with Crippen LogP contribution in [0.1, 0.15) is 58.7 Å². The van der Waals surface area contributed by atoms with Crippen LogP contribution in [0.15, 0.2) is 29.4 Å². The van der Waals surface area contributed by atoms with Crippen molar-refractivity contribution >= 4 is 35.6 Å². The summed E-state index contributed by atoms with van der Waals surface area (Å²) in [5, 5.41) is 15.5. The van der Waals surface area contributed by atoms with E-state index in [0.717, 1.165) is 36.3 Å². The second-order valence-electron chi connectivity index (χ2n) is 7.75. The molecule has 6 nitrogen and oxygen atoms in total. The Bertz CT molecular complexity index is 737. The van der Waals surface area contributed by atoms with Gasteiger partial charge in [0.25, 0.3) is 0 Å². The van der Waals surface area contributed by atoms with Crippen LogP contribution in [0.5, 0.6) is 0 Å². The summed E-state index contributed by atoms with van der Waals surface area (Å²) in [6, 6.07) is 6.37. The van der Waals surface area contributed by atoms with Crippen LogP contribution in [0.3, 0.4) is 0 Å². The molecule has 2 aromatic rings. The predicted octanol–water partition coefficient (Wildman–Crippen LogP) is 4.05. The molecule has 2 aromatic heterocycles. The van der Waals surface area contributed by atoms with Gasteiger partial charge in [0, 0.05) is 31.7 Å². The van der Waals surface area contributed by atoms with Gasteiger partial charge in [-0.25, -0.2) is 0 Å². The van der Waals surface area contributed by atoms with E-state index in [1.165, 1.54) is 32.1 Å². The van der Waals surface area contributed by atoms with Crippen molar-refractivity contribution in [3.8, 4) is 0 Å². The van der Waals surface area contributed by atoms with E-state index >= 15 is 0 Å². The van der Waals surface area contributed by atoms with Crippen LogP contribution < -0.4 is 10.6 Å². The lowest BCUT2D eigenvalue weighted by Gasteiger charge is -2.32. The maximum absolute atomic E-state index is 4.78. The highest BCUT2D eigenvalue weighted by molar-refractivity contribution is 14.0. The number of pyridine rings is 1. The molecule has 0 spiro atoms. The fourth-order valence-corrected chi connectivity index (χ4v) is 4.06. The third-order valence-corrected chi connectivity index (χ3v) is 5.88. The molecule has 0 amide bonds. The molecule has 156 valence electrons. The number of aliphatic imine (C=N–C) groups is 1. The first-order valence-corrected chi connectivity index (χ1v) is 10.5. The van der Waals surface area contributed by atoms with Crippen LogP contribution >= 0.6 is 24.0 Å². The van der Waals surface area contributed by atoms with Crippen molar-refractivity contribution in [2.75, 3.05) is 13.1 Å². The van der Waals surface area contributed by atoms with Gasteiger partial charge in [-0.3, -0.25) is 9.39 Å². The second-order valence-corrected chi connectivity index (χ2v) is 7.75. The number of hydrogen-bond acceptors (Lipinski definition) is 3. The van der Waals surface area contributed by atoms with Crippen molar-refractivity contribution in [1.29, 1.82) is 0 Å². The van der Waals surface area contributed by atoms with E-state index in [1.807, 2.05) is 28.8 Å². The lowest BCUT2D eigenvalue weighted by molar-refractivity contribution is 0.229. The molecule has 1 saturated carbocycles. The number of rotatable bonds is 7. The topological polar surface area (TPSA) is 66.6 Å². The second kappa shape index (κ2) is 11.6. The van der Waals surface area contributed by atoms with Crippen molar-refractivity contribution < 1.29 is 0 Å². The van der Waals surface area contributed by atoms with Gasteiger partial charge in [0.2, 0.25) is 0 Å². The molecule has 3 rings (SSSR count). The maximum Gasteiger partial charge on any atom is 0.191 e. The molecule has 0 aliphatic heterocycles. The Balaban J connectivity index is 0.00000280.